The minimum Gasteiger partial charge on any atom is -0.312 e. The second-order valence-corrected chi connectivity index (χ2v) is 5.85. The Bertz CT molecular complexity index is 478. The minimum atomic E-state index is 0.418. The molecule has 0 spiro atoms. The maximum atomic E-state index is 4.19. The van der Waals surface area contributed by atoms with Crippen molar-refractivity contribution in [2.45, 2.75) is 18.9 Å². The second-order valence-electron chi connectivity index (χ2n) is 3.99. The van der Waals surface area contributed by atoms with Crippen molar-refractivity contribution in [3.8, 4) is 0 Å². The molecule has 0 bridgehead atoms. The summed E-state index contributed by atoms with van der Waals surface area (Å²) in [6.07, 6.45) is 3.98. The van der Waals surface area contributed by atoms with Crippen LogP contribution in [0.4, 0.5) is 0 Å². The third-order valence-corrected chi connectivity index (χ3v) is 4.70. The average Bonchev–Trinajstić information content (AvgIpc) is 2.90. The molecule has 0 fully saturated rings. The Morgan fingerprint density at radius 3 is 2.94 bits per heavy atom. The molecular formula is C12H16BrN3S. The van der Waals surface area contributed by atoms with Crippen molar-refractivity contribution in [1.82, 2.24) is 15.1 Å². The number of rotatable bonds is 5. The monoisotopic (exact) mass is 313 g/mol. The second kappa shape index (κ2) is 5.80. The molecule has 0 amide bonds. The summed E-state index contributed by atoms with van der Waals surface area (Å²) < 4.78 is 3.11. The highest BCUT2D eigenvalue weighted by molar-refractivity contribution is 9.10. The van der Waals surface area contributed by atoms with E-state index in [1.807, 2.05) is 25.0 Å². The van der Waals surface area contributed by atoms with Gasteiger partial charge in [-0.3, -0.25) is 4.68 Å². The summed E-state index contributed by atoms with van der Waals surface area (Å²) in [4.78, 5) is 1.38. The summed E-state index contributed by atoms with van der Waals surface area (Å²) >= 11 is 5.29. The first-order valence-electron chi connectivity index (χ1n) is 5.59. The molecule has 5 heteroatoms. The molecule has 1 atom stereocenters. The van der Waals surface area contributed by atoms with Crippen LogP contribution in [-0.2, 0) is 13.5 Å². The topological polar surface area (TPSA) is 29.9 Å². The number of hydrogen-bond donors (Lipinski definition) is 1. The molecule has 2 aromatic heterocycles. The highest BCUT2D eigenvalue weighted by Crippen LogP contribution is 2.28. The first-order chi connectivity index (χ1) is 8.20. The zero-order chi connectivity index (χ0) is 12.3. The van der Waals surface area contributed by atoms with Crippen LogP contribution in [0.25, 0.3) is 0 Å². The molecular weight excluding hydrogens is 298 g/mol. The zero-order valence-corrected chi connectivity index (χ0v) is 12.4. The van der Waals surface area contributed by atoms with Crippen molar-refractivity contribution in [2.24, 2.45) is 7.05 Å². The Balaban J connectivity index is 1.99. The molecule has 0 radical (unpaired) electrons. The third kappa shape index (κ3) is 3.18. The van der Waals surface area contributed by atoms with E-state index in [0.29, 0.717) is 6.04 Å². The molecule has 2 heterocycles. The lowest BCUT2D eigenvalue weighted by Gasteiger charge is -2.14. The van der Waals surface area contributed by atoms with E-state index in [2.05, 4.69) is 43.9 Å². The van der Waals surface area contributed by atoms with Crippen molar-refractivity contribution >= 4 is 27.3 Å². The van der Waals surface area contributed by atoms with E-state index in [0.717, 1.165) is 12.8 Å². The van der Waals surface area contributed by atoms with Gasteiger partial charge in [0.05, 0.1) is 0 Å². The van der Waals surface area contributed by atoms with Crippen LogP contribution in [0.1, 0.15) is 23.0 Å². The van der Waals surface area contributed by atoms with Crippen LogP contribution >= 0.6 is 27.3 Å². The number of hydrogen-bond acceptors (Lipinski definition) is 3. The van der Waals surface area contributed by atoms with Gasteiger partial charge in [-0.15, -0.1) is 11.3 Å². The van der Waals surface area contributed by atoms with E-state index < -0.39 is 0 Å². The molecule has 0 aliphatic carbocycles. The standard InChI is InChI=1S/C12H16BrN3S/c1-14-11(12-7-9(13)8-17-12)4-3-10-5-6-15-16(10)2/h5-8,11,14H,3-4H2,1-2H3. The third-order valence-electron chi connectivity index (χ3n) is 2.89. The smallest absolute Gasteiger partial charge is 0.0492 e. The predicted molar refractivity (Wildman–Crippen MR) is 75.3 cm³/mol. The molecule has 0 aliphatic rings. The maximum absolute atomic E-state index is 4.19. The van der Waals surface area contributed by atoms with Crippen LogP contribution in [0.2, 0.25) is 0 Å². The van der Waals surface area contributed by atoms with Gasteiger partial charge < -0.3 is 5.32 Å². The van der Waals surface area contributed by atoms with Crippen LogP contribution < -0.4 is 5.32 Å². The zero-order valence-electron chi connectivity index (χ0n) is 9.98. The molecule has 3 nitrogen and oxygen atoms in total. The molecule has 2 aromatic rings. The molecule has 2 rings (SSSR count). The summed E-state index contributed by atoms with van der Waals surface area (Å²) in [7, 11) is 4.01. The normalized spacial score (nSPS) is 12.9. The Morgan fingerprint density at radius 1 is 1.59 bits per heavy atom. The van der Waals surface area contributed by atoms with Crippen LogP contribution in [-0.4, -0.2) is 16.8 Å². The van der Waals surface area contributed by atoms with E-state index in [1.165, 1.54) is 15.0 Å². The fourth-order valence-electron chi connectivity index (χ4n) is 1.88. The number of nitrogens with zero attached hydrogens (tertiary/aromatic N) is 2. The average molecular weight is 314 g/mol. The molecule has 17 heavy (non-hydrogen) atoms. The van der Waals surface area contributed by atoms with Crippen molar-refractivity contribution in [3.63, 3.8) is 0 Å². The molecule has 0 saturated heterocycles. The molecule has 1 N–H and O–H groups in total. The largest absolute Gasteiger partial charge is 0.312 e. The van der Waals surface area contributed by atoms with Gasteiger partial charge in [0.2, 0.25) is 0 Å². The van der Waals surface area contributed by atoms with Gasteiger partial charge in [-0.1, -0.05) is 0 Å². The highest BCUT2D eigenvalue weighted by Gasteiger charge is 2.12. The lowest BCUT2D eigenvalue weighted by molar-refractivity contribution is 0.543. The predicted octanol–water partition coefficient (Wildman–Crippen LogP) is 3.14. The number of halogens is 1. The van der Waals surface area contributed by atoms with Crippen LogP contribution in [0.15, 0.2) is 28.2 Å². The van der Waals surface area contributed by atoms with E-state index in [-0.39, 0.29) is 0 Å². The Kier molecular flexibility index (Phi) is 4.36. The summed E-state index contributed by atoms with van der Waals surface area (Å²) in [6.45, 7) is 0. The number of aromatic nitrogens is 2. The quantitative estimate of drug-likeness (QED) is 0.919. The lowest BCUT2D eigenvalue weighted by Crippen LogP contribution is -2.16. The first-order valence-corrected chi connectivity index (χ1v) is 7.26. The number of nitrogens with one attached hydrogen (secondary N) is 1. The van der Waals surface area contributed by atoms with Gasteiger partial charge in [0.25, 0.3) is 0 Å². The van der Waals surface area contributed by atoms with Gasteiger partial charge in [0.1, 0.15) is 0 Å². The summed E-state index contributed by atoms with van der Waals surface area (Å²) in [6, 6.07) is 4.69. The van der Waals surface area contributed by atoms with Crippen molar-refractivity contribution in [2.75, 3.05) is 7.05 Å². The fourth-order valence-corrected chi connectivity index (χ4v) is 3.47. The van der Waals surface area contributed by atoms with E-state index >= 15 is 0 Å². The van der Waals surface area contributed by atoms with Crippen molar-refractivity contribution in [1.29, 1.82) is 0 Å². The Morgan fingerprint density at radius 2 is 2.41 bits per heavy atom. The molecule has 1 unspecified atom stereocenters. The van der Waals surface area contributed by atoms with Gasteiger partial charge in [-0.2, -0.15) is 5.10 Å². The SMILES string of the molecule is CNC(CCc1ccnn1C)c1cc(Br)cs1. The Hall–Kier alpha value is -0.650. The maximum Gasteiger partial charge on any atom is 0.0492 e. The Labute approximate surface area is 114 Å². The summed E-state index contributed by atoms with van der Waals surface area (Å²) in [5.74, 6) is 0. The van der Waals surface area contributed by atoms with Crippen LogP contribution in [0.5, 0.6) is 0 Å². The van der Waals surface area contributed by atoms with E-state index in [4.69, 9.17) is 0 Å². The van der Waals surface area contributed by atoms with E-state index in [9.17, 15) is 0 Å². The molecule has 92 valence electrons. The van der Waals surface area contributed by atoms with E-state index in [1.54, 1.807) is 11.3 Å². The van der Waals surface area contributed by atoms with Crippen LogP contribution in [0, 0.1) is 0 Å². The molecule has 0 aromatic carbocycles. The highest BCUT2D eigenvalue weighted by atomic mass is 79.9. The summed E-state index contributed by atoms with van der Waals surface area (Å²) in [5.41, 5.74) is 1.28. The fraction of sp³-hybridized carbons (Fsp3) is 0.417. The first kappa shape index (κ1) is 12.8. The van der Waals surface area contributed by atoms with Gasteiger partial charge in [-0.25, -0.2) is 0 Å². The van der Waals surface area contributed by atoms with Gasteiger partial charge in [0.15, 0.2) is 0 Å². The minimum absolute atomic E-state index is 0.418. The molecule has 0 aliphatic heterocycles. The van der Waals surface area contributed by atoms with Gasteiger partial charge >= 0.3 is 0 Å². The number of thiophene rings is 1. The number of aryl methyl sites for hydroxylation is 2. The summed E-state index contributed by atoms with van der Waals surface area (Å²) in [5, 5.41) is 9.69. The van der Waals surface area contributed by atoms with Crippen molar-refractivity contribution in [3.05, 3.63) is 38.8 Å². The van der Waals surface area contributed by atoms with Crippen molar-refractivity contribution < 1.29 is 0 Å². The van der Waals surface area contributed by atoms with Crippen LogP contribution in [0.3, 0.4) is 0 Å². The van der Waals surface area contributed by atoms with Gasteiger partial charge in [0, 0.05) is 39.7 Å². The lowest BCUT2D eigenvalue weighted by atomic mass is 10.1. The van der Waals surface area contributed by atoms with Gasteiger partial charge in [-0.05, 0) is 48.0 Å². The molecule has 0 saturated carbocycles.